The number of carbonyl (C=O) groups excluding carboxylic acids is 1. The summed E-state index contributed by atoms with van der Waals surface area (Å²) in [6, 6.07) is 0. The summed E-state index contributed by atoms with van der Waals surface area (Å²) in [4.78, 5) is 10.9. The fourth-order valence-electron chi connectivity index (χ4n) is 7.46. The van der Waals surface area contributed by atoms with Crippen LogP contribution < -0.4 is 0 Å². The van der Waals surface area contributed by atoms with Crippen LogP contribution in [0.4, 0.5) is 0 Å². The predicted molar refractivity (Wildman–Crippen MR) is 98.0 cm³/mol. The van der Waals surface area contributed by atoms with Gasteiger partial charge in [-0.2, -0.15) is 0 Å². The smallest absolute Gasteiger partial charge is 0.120 e. The first-order valence-electron chi connectivity index (χ1n) is 10.4. The van der Waals surface area contributed by atoms with Crippen LogP contribution in [0.2, 0.25) is 0 Å². The van der Waals surface area contributed by atoms with E-state index in [1.54, 1.807) is 0 Å². The number of aldehydes is 1. The van der Waals surface area contributed by atoms with Crippen LogP contribution in [0.5, 0.6) is 0 Å². The molecule has 0 aromatic rings. The summed E-state index contributed by atoms with van der Waals surface area (Å²) in [5.74, 6) is 1.93. The molecule has 0 radical (unpaired) electrons. The van der Waals surface area contributed by atoms with Crippen molar-refractivity contribution in [1.29, 1.82) is 0 Å². The molecule has 0 aromatic heterocycles. The summed E-state index contributed by atoms with van der Waals surface area (Å²) in [5.41, 5.74) is 1.07. The molecule has 140 valence electrons. The fraction of sp³-hybridized carbons (Fsp3) is 0.864. The Morgan fingerprint density at radius 1 is 1.16 bits per heavy atom. The highest BCUT2D eigenvalue weighted by Crippen LogP contribution is 2.67. The molecule has 3 heteroatoms. The van der Waals surface area contributed by atoms with E-state index in [0.717, 1.165) is 51.2 Å². The largest absolute Gasteiger partial charge is 0.393 e. The zero-order valence-corrected chi connectivity index (χ0v) is 15.8. The summed E-state index contributed by atoms with van der Waals surface area (Å²) in [6.45, 7) is 4.75. The van der Waals surface area contributed by atoms with Gasteiger partial charge in [-0.05, 0) is 86.4 Å². The van der Waals surface area contributed by atoms with Crippen molar-refractivity contribution in [2.45, 2.75) is 89.8 Å². The number of carbonyl (C=O) groups is 1. The average molecular weight is 347 g/mol. The number of aliphatic hydroxyl groups is 2. The standard InChI is InChI=1S/C22H34O3/c1-20-10-6-16(24)14-15(20)4-5-17-18(20)7-11-21(2)19(17)8-12-22(21,25)9-3-13-23/h4,13,16-19,24-25H,3,5-12,14H2,1-2H3/t16-,17+,18-,19-,20-,21-,22-/m0/s1. The maximum absolute atomic E-state index is 11.4. The lowest BCUT2D eigenvalue weighted by Crippen LogP contribution is -2.54. The first-order chi connectivity index (χ1) is 11.8. The quantitative estimate of drug-likeness (QED) is 0.599. The third-order valence-electron chi connectivity index (χ3n) is 9.08. The summed E-state index contributed by atoms with van der Waals surface area (Å²) in [5, 5.41) is 21.5. The Morgan fingerprint density at radius 2 is 1.92 bits per heavy atom. The van der Waals surface area contributed by atoms with Crippen LogP contribution in [0.25, 0.3) is 0 Å². The first-order valence-corrected chi connectivity index (χ1v) is 10.4. The third-order valence-corrected chi connectivity index (χ3v) is 9.08. The summed E-state index contributed by atoms with van der Waals surface area (Å²) in [7, 11) is 0. The molecule has 4 aliphatic rings. The van der Waals surface area contributed by atoms with Crippen LogP contribution in [0.15, 0.2) is 11.6 Å². The first kappa shape index (κ1) is 17.7. The molecule has 3 saturated carbocycles. The molecule has 0 saturated heterocycles. The molecule has 3 fully saturated rings. The van der Waals surface area contributed by atoms with Crippen molar-refractivity contribution in [3.8, 4) is 0 Å². The molecular formula is C22H34O3. The van der Waals surface area contributed by atoms with Gasteiger partial charge in [0.05, 0.1) is 11.7 Å². The van der Waals surface area contributed by atoms with Gasteiger partial charge in [0.1, 0.15) is 6.29 Å². The molecular weight excluding hydrogens is 312 g/mol. The van der Waals surface area contributed by atoms with Crippen LogP contribution in [0, 0.1) is 28.6 Å². The molecule has 0 aliphatic heterocycles. The van der Waals surface area contributed by atoms with E-state index in [1.165, 1.54) is 12.0 Å². The molecule has 25 heavy (non-hydrogen) atoms. The lowest BCUT2D eigenvalue weighted by atomic mass is 9.47. The molecule has 0 unspecified atom stereocenters. The molecule has 0 aromatic carbocycles. The Bertz CT molecular complexity index is 584. The summed E-state index contributed by atoms with van der Waals surface area (Å²) < 4.78 is 0. The van der Waals surface area contributed by atoms with Crippen LogP contribution in [0.1, 0.15) is 78.1 Å². The molecule has 0 heterocycles. The van der Waals surface area contributed by atoms with Gasteiger partial charge >= 0.3 is 0 Å². The maximum atomic E-state index is 11.4. The topological polar surface area (TPSA) is 57.5 Å². The van der Waals surface area contributed by atoms with Gasteiger partial charge < -0.3 is 15.0 Å². The summed E-state index contributed by atoms with van der Waals surface area (Å²) in [6.07, 6.45) is 12.6. The van der Waals surface area contributed by atoms with Crippen molar-refractivity contribution in [2.24, 2.45) is 28.6 Å². The monoisotopic (exact) mass is 346 g/mol. The summed E-state index contributed by atoms with van der Waals surface area (Å²) >= 11 is 0. The zero-order valence-electron chi connectivity index (χ0n) is 15.8. The lowest BCUT2D eigenvalue weighted by Gasteiger charge is -2.59. The number of allylic oxidation sites excluding steroid dienone is 1. The van der Waals surface area contributed by atoms with Crippen molar-refractivity contribution >= 4 is 6.29 Å². The highest BCUT2D eigenvalue weighted by atomic mass is 16.3. The number of fused-ring (bicyclic) bond motifs is 5. The van der Waals surface area contributed by atoms with E-state index in [0.29, 0.717) is 30.6 Å². The van der Waals surface area contributed by atoms with Gasteiger partial charge in [-0.3, -0.25) is 0 Å². The Kier molecular flexibility index (Phi) is 4.20. The van der Waals surface area contributed by atoms with E-state index in [-0.39, 0.29) is 16.9 Å². The fourth-order valence-corrected chi connectivity index (χ4v) is 7.46. The van der Waals surface area contributed by atoms with Gasteiger partial charge in [-0.1, -0.05) is 25.5 Å². The van der Waals surface area contributed by atoms with Gasteiger partial charge in [-0.15, -0.1) is 0 Å². The molecule has 3 nitrogen and oxygen atoms in total. The van der Waals surface area contributed by atoms with Crippen molar-refractivity contribution in [3.63, 3.8) is 0 Å². The predicted octanol–water partition coefficient (Wildman–Crippen LogP) is 4.02. The van der Waals surface area contributed by atoms with Gasteiger partial charge in [0, 0.05) is 6.42 Å². The molecule has 7 atom stereocenters. The van der Waals surface area contributed by atoms with Crippen molar-refractivity contribution in [3.05, 3.63) is 11.6 Å². The van der Waals surface area contributed by atoms with Crippen LogP contribution >= 0.6 is 0 Å². The lowest BCUT2D eigenvalue weighted by molar-refractivity contribution is -0.131. The van der Waals surface area contributed by atoms with Gasteiger partial charge in [0.15, 0.2) is 0 Å². The van der Waals surface area contributed by atoms with E-state index in [2.05, 4.69) is 19.9 Å². The highest BCUT2D eigenvalue weighted by molar-refractivity contribution is 5.49. The number of hydrogen-bond acceptors (Lipinski definition) is 3. The van der Waals surface area contributed by atoms with Gasteiger partial charge in [0.2, 0.25) is 0 Å². The molecule has 4 aliphatic carbocycles. The van der Waals surface area contributed by atoms with E-state index in [9.17, 15) is 15.0 Å². The maximum Gasteiger partial charge on any atom is 0.120 e. The van der Waals surface area contributed by atoms with Crippen molar-refractivity contribution < 1.29 is 15.0 Å². The van der Waals surface area contributed by atoms with E-state index in [1.807, 2.05) is 0 Å². The third kappa shape index (κ3) is 2.41. The Balaban J connectivity index is 1.63. The molecule has 0 bridgehead atoms. The van der Waals surface area contributed by atoms with Crippen LogP contribution in [-0.2, 0) is 4.79 Å². The minimum atomic E-state index is -0.656. The van der Waals surface area contributed by atoms with Gasteiger partial charge in [0.25, 0.3) is 0 Å². The van der Waals surface area contributed by atoms with Crippen LogP contribution in [-0.4, -0.2) is 28.2 Å². The minimum absolute atomic E-state index is 0.0347. The molecule has 0 amide bonds. The van der Waals surface area contributed by atoms with Crippen molar-refractivity contribution in [2.75, 3.05) is 0 Å². The van der Waals surface area contributed by atoms with E-state index >= 15 is 0 Å². The molecule has 4 rings (SSSR count). The second-order valence-corrected chi connectivity index (χ2v) is 9.89. The second kappa shape index (κ2) is 5.92. The van der Waals surface area contributed by atoms with Crippen LogP contribution in [0.3, 0.4) is 0 Å². The number of aliphatic hydroxyl groups excluding tert-OH is 1. The Hall–Kier alpha value is -0.670. The highest BCUT2D eigenvalue weighted by Gasteiger charge is 2.63. The zero-order chi connectivity index (χ0) is 17.9. The average Bonchev–Trinajstić information content (AvgIpc) is 2.85. The van der Waals surface area contributed by atoms with Crippen molar-refractivity contribution in [1.82, 2.24) is 0 Å². The normalized spacial score (nSPS) is 51.9. The second-order valence-electron chi connectivity index (χ2n) is 9.89. The SMILES string of the molecule is C[C@]12CC[C@H](O)CC1=CC[C@@H]1[C@@H]2CC[C@@]2(C)[C@H]1CC[C@@]2(O)CCC=O. The Labute approximate surface area is 151 Å². The van der Waals surface area contributed by atoms with Gasteiger partial charge in [-0.25, -0.2) is 0 Å². The van der Waals surface area contributed by atoms with E-state index in [4.69, 9.17) is 0 Å². The van der Waals surface area contributed by atoms with E-state index < -0.39 is 5.60 Å². The number of rotatable bonds is 3. The Morgan fingerprint density at radius 3 is 2.68 bits per heavy atom. The molecule has 0 spiro atoms. The molecule has 2 N–H and O–H groups in total. The minimum Gasteiger partial charge on any atom is -0.393 e. The number of hydrogen-bond donors (Lipinski definition) is 2.